The van der Waals surface area contributed by atoms with Crippen molar-refractivity contribution in [3.05, 3.63) is 29.6 Å². The van der Waals surface area contributed by atoms with Gasteiger partial charge in [-0.2, -0.15) is 0 Å². The first-order valence-corrected chi connectivity index (χ1v) is 5.87. The number of rotatable bonds is 3. The summed E-state index contributed by atoms with van der Waals surface area (Å²) >= 11 is 0. The minimum absolute atomic E-state index is 0.0454. The average molecular weight is 267 g/mol. The Morgan fingerprint density at radius 2 is 2.37 bits per heavy atom. The van der Waals surface area contributed by atoms with E-state index in [9.17, 15) is 14.0 Å². The lowest BCUT2D eigenvalue weighted by Crippen LogP contribution is -2.42. The Kier molecular flexibility index (Phi) is 4.11. The molecule has 1 aliphatic heterocycles. The maximum absolute atomic E-state index is 13.6. The molecule has 5 nitrogen and oxygen atoms in total. The van der Waals surface area contributed by atoms with Crippen LogP contribution in [-0.2, 0) is 9.53 Å². The molecule has 0 aromatic heterocycles. The van der Waals surface area contributed by atoms with Crippen LogP contribution >= 0.6 is 0 Å². The molecule has 1 aliphatic rings. The molecule has 102 valence electrons. The van der Waals surface area contributed by atoms with E-state index in [0.29, 0.717) is 6.42 Å². The molecule has 0 aliphatic carbocycles. The third kappa shape index (κ3) is 2.90. The number of fused-ring (bicyclic) bond motifs is 1. The van der Waals surface area contributed by atoms with E-state index in [1.807, 2.05) is 0 Å². The topological polar surface area (TPSA) is 64.6 Å². The Bertz CT molecular complexity index is 503. The van der Waals surface area contributed by atoms with E-state index < -0.39 is 11.9 Å². The van der Waals surface area contributed by atoms with Crippen molar-refractivity contribution in [1.82, 2.24) is 5.32 Å². The highest BCUT2D eigenvalue weighted by atomic mass is 19.1. The Labute approximate surface area is 109 Å². The molecule has 1 aromatic carbocycles. The standard InChI is InChI=1S/C13H14FNO4/c1-18-7-11(16)15-10-5-6-19-13-8(12(10)17)3-2-4-9(13)14/h2-4,10H,5-7H2,1H3,(H,15,16). The van der Waals surface area contributed by atoms with Crippen LogP contribution in [0.25, 0.3) is 0 Å². The summed E-state index contributed by atoms with van der Waals surface area (Å²) in [5.41, 5.74) is 0.153. The van der Waals surface area contributed by atoms with E-state index in [0.717, 1.165) is 0 Å². The third-order valence-corrected chi connectivity index (χ3v) is 2.81. The third-order valence-electron chi connectivity index (χ3n) is 2.81. The number of para-hydroxylation sites is 1. The van der Waals surface area contributed by atoms with Crippen molar-refractivity contribution < 1.29 is 23.5 Å². The number of hydrogen-bond acceptors (Lipinski definition) is 4. The predicted molar refractivity (Wildman–Crippen MR) is 64.6 cm³/mol. The Balaban J connectivity index is 2.21. The minimum atomic E-state index is -0.717. The lowest BCUT2D eigenvalue weighted by atomic mass is 10.0. The quantitative estimate of drug-likeness (QED) is 0.884. The zero-order valence-corrected chi connectivity index (χ0v) is 10.4. The molecule has 19 heavy (non-hydrogen) atoms. The van der Waals surface area contributed by atoms with Gasteiger partial charge in [0.05, 0.1) is 18.2 Å². The number of halogens is 1. The van der Waals surface area contributed by atoms with Crippen molar-refractivity contribution in [2.24, 2.45) is 0 Å². The van der Waals surface area contributed by atoms with E-state index in [1.165, 1.54) is 25.3 Å². The summed E-state index contributed by atoms with van der Waals surface area (Å²) in [5.74, 6) is -1.36. The fourth-order valence-electron chi connectivity index (χ4n) is 1.95. The number of benzene rings is 1. The van der Waals surface area contributed by atoms with Crippen LogP contribution in [0.1, 0.15) is 16.8 Å². The van der Waals surface area contributed by atoms with Crippen LogP contribution < -0.4 is 10.1 Å². The molecule has 0 fully saturated rings. The van der Waals surface area contributed by atoms with Gasteiger partial charge in [0.15, 0.2) is 17.3 Å². The summed E-state index contributed by atoms with van der Waals surface area (Å²) in [7, 11) is 1.39. The summed E-state index contributed by atoms with van der Waals surface area (Å²) in [5, 5.41) is 2.55. The van der Waals surface area contributed by atoms with Crippen LogP contribution in [0.5, 0.6) is 5.75 Å². The van der Waals surface area contributed by atoms with Crippen molar-refractivity contribution in [1.29, 1.82) is 0 Å². The number of ether oxygens (including phenoxy) is 2. The normalized spacial score (nSPS) is 18.2. The molecule has 1 heterocycles. The van der Waals surface area contributed by atoms with Crippen molar-refractivity contribution in [2.45, 2.75) is 12.5 Å². The van der Waals surface area contributed by atoms with E-state index in [2.05, 4.69) is 10.1 Å². The number of carbonyl (C=O) groups excluding carboxylic acids is 2. The van der Waals surface area contributed by atoms with Gasteiger partial charge in [0.1, 0.15) is 6.61 Å². The Morgan fingerprint density at radius 1 is 1.58 bits per heavy atom. The first-order valence-electron chi connectivity index (χ1n) is 5.87. The first kappa shape index (κ1) is 13.5. The van der Waals surface area contributed by atoms with Gasteiger partial charge in [0.25, 0.3) is 0 Å². The minimum Gasteiger partial charge on any atom is -0.490 e. The lowest BCUT2D eigenvalue weighted by Gasteiger charge is -2.14. The molecule has 2 rings (SSSR count). The largest absolute Gasteiger partial charge is 0.490 e. The van der Waals surface area contributed by atoms with Crippen LogP contribution in [-0.4, -0.2) is 38.1 Å². The molecule has 6 heteroatoms. The maximum atomic E-state index is 13.6. The van der Waals surface area contributed by atoms with Crippen LogP contribution in [0.3, 0.4) is 0 Å². The molecule has 1 N–H and O–H groups in total. The van der Waals surface area contributed by atoms with E-state index in [4.69, 9.17) is 4.74 Å². The number of carbonyl (C=O) groups is 2. The predicted octanol–water partition coefficient (Wildman–Crippen LogP) is 0.922. The van der Waals surface area contributed by atoms with Crippen LogP contribution in [0, 0.1) is 5.82 Å². The zero-order chi connectivity index (χ0) is 13.8. The highest BCUT2D eigenvalue weighted by Gasteiger charge is 2.29. The van der Waals surface area contributed by atoms with Crippen molar-refractivity contribution >= 4 is 11.7 Å². The van der Waals surface area contributed by atoms with Gasteiger partial charge in [0.2, 0.25) is 5.91 Å². The van der Waals surface area contributed by atoms with Crippen molar-refractivity contribution in [2.75, 3.05) is 20.3 Å². The van der Waals surface area contributed by atoms with Crippen molar-refractivity contribution in [3.8, 4) is 5.75 Å². The van der Waals surface area contributed by atoms with Gasteiger partial charge >= 0.3 is 0 Å². The lowest BCUT2D eigenvalue weighted by molar-refractivity contribution is -0.125. The number of amides is 1. The molecule has 1 aromatic rings. The summed E-state index contributed by atoms with van der Waals surface area (Å²) in [4.78, 5) is 23.7. The van der Waals surface area contributed by atoms with Crippen LogP contribution in [0.15, 0.2) is 18.2 Å². The van der Waals surface area contributed by atoms with Gasteiger partial charge in [-0.15, -0.1) is 0 Å². The highest BCUT2D eigenvalue weighted by Crippen LogP contribution is 2.27. The first-order chi connectivity index (χ1) is 9.13. The molecule has 1 amide bonds. The SMILES string of the molecule is COCC(=O)NC1CCOc2c(F)cccc2C1=O. The molecule has 0 spiro atoms. The van der Waals surface area contributed by atoms with Gasteiger partial charge < -0.3 is 14.8 Å². The molecular formula is C13H14FNO4. The second-order valence-electron chi connectivity index (χ2n) is 4.17. The number of ketones is 1. The zero-order valence-electron chi connectivity index (χ0n) is 10.4. The Morgan fingerprint density at radius 3 is 3.11 bits per heavy atom. The molecule has 0 saturated carbocycles. The van der Waals surface area contributed by atoms with Gasteiger partial charge in [-0.05, 0) is 12.1 Å². The van der Waals surface area contributed by atoms with Gasteiger partial charge in [0, 0.05) is 13.5 Å². The maximum Gasteiger partial charge on any atom is 0.246 e. The number of Topliss-reactive ketones (excluding diaryl/α,β-unsaturated/α-hetero) is 1. The molecular weight excluding hydrogens is 253 g/mol. The molecule has 1 unspecified atom stereocenters. The molecule has 0 radical (unpaired) electrons. The smallest absolute Gasteiger partial charge is 0.246 e. The van der Waals surface area contributed by atoms with Crippen LogP contribution in [0.4, 0.5) is 4.39 Å². The monoisotopic (exact) mass is 267 g/mol. The second kappa shape index (κ2) is 5.79. The Hall–Kier alpha value is -1.95. The average Bonchev–Trinajstić information content (AvgIpc) is 2.53. The number of methoxy groups -OCH3 is 1. The highest BCUT2D eigenvalue weighted by molar-refractivity contribution is 6.04. The van der Waals surface area contributed by atoms with Gasteiger partial charge in [-0.1, -0.05) is 6.07 Å². The summed E-state index contributed by atoms with van der Waals surface area (Å²) in [6.07, 6.45) is 0.294. The van der Waals surface area contributed by atoms with E-state index >= 15 is 0 Å². The fourth-order valence-corrected chi connectivity index (χ4v) is 1.95. The number of hydrogen-bond donors (Lipinski definition) is 1. The fraction of sp³-hybridized carbons (Fsp3) is 0.385. The van der Waals surface area contributed by atoms with Crippen molar-refractivity contribution in [3.63, 3.8) is 0 Å². The molecule has 0 bridgehead atoms. The molecule has 1 atom stereocenters. The summed E-state index contributed by atoms with van der Waals surface area (Å²) in [6, 6.07) is 3.44. The second-order valence-corrected chi connectivity index (χ2v) is 4.17. The van der Waals surface area contributed by atoms with E-state index in [-0.39, 0.29) is 36.2 Å². The summed E-state index contributed by atoms with van der Waals surface area (Å²) in [6.45, 7) is 0.0399. The van der Waals surface area contributed by atoms with Gasteiger partial charge in [-0.25, -0.2) is 4.39 Å². The number of nitrogens with one attached hydrogen (secondary N) is 1. The molecule has 0 saturated heterocycles. The van der Waals surface area contributed by atoms with Crippen LogP contribution in [0.2, 0.25) is 0 Å². The van der Waals surface area contributed by atoms with E-state index in [1.54, 1.807) is 0 Å². The van der Waals surface area contributed by atoms with Gasteiger partial charge in [-0.3, -0.25) is 9.59 Å². The summed E-state index contributed by atoms with van der Waals surface area (Å²) < 4.78 is 23.5.